The third kappa shape index (κ3) is 4.31. The Balaban J connectivity index is 1.63. The van der Waals surface area contributed by atoms with Crippen LogP contribution in [0.25, 0.3) is 0 Å². The monoisotopic (exact) mass is 425 g/mol. The van der Waals surface area contributed by atoms with E-state index in [2.05, 4.69) is 10.6 Å². The van der Waals surface area contributed by atoms with Crippen molar-refractivity contribution < 1.29 is 19.2 Å². The molecule has 150 valence electrons. The fourth-order valence-corrected chi connectivity index (χ4v) is 3.77. The van der Waals surface area contributed by atoms with Crippen LogP contribution in [0.2, 0.25) is 0 Å². The lowest BCUT2D eigenvalue weighted by atomic mass is 9.94. The molecular formula is C19H21Cl2N3O4. The molecule has 0 spiro atoms. The van der Waals surface area contributed by atoms with Crippen molar-refractivity contribution in [3.8, 4) is 0 Å². The van der Waals surface area contributed by atoms with Crippen LogP contribution in [0.1, 0.15) is 63.2 Å². The summed E-state index contributed by atoms with van der Waals surface area (Å²) in [5, 5.41) is 5.10. The molecule has 0 radical (unpaired) electrons. The standard InChI is InChI=1S/C19H21Cl2N3O4/c20-15(21)17(26)23-9-8-22-16(25)11-6-7-13-14(10-11)19(28)24(18(13)27)12-4-2-1-3-5-12/h6-7,10,12,15H,1-5,8-9H2,(H,22,25)(H,23,26). The van der Waals surface area contributed by atoms with E-state index in [0.717, 1.165) is 32.1 Å². The molecule has 2 N–H and O–H groups in total. The number of hydrogen-bond acceptors (Lipinski definition) is 4. The van der Waals surface area contributed by atoms with Gasteiger partial charge in [0, 0.05) is 24.7 Å². The number of alkyl halides is 2. The van der Waals surface area contributed by atoms with Crippen LogP contribution in [0, 0.1) is 0 Å². The van der Waals surface area contributed by atoms with Crippen molar-refractivity contribution in [2.75, 3.05) is 13.1 Å². The molecule has 0 aromatic heterocycles. The minimum Gasteiger partial charge on any atom is -0.352 e. The lowest BCUT2D eigenvalue weighted by Gasteiger charge is -2.29. The van der Waals surface area contributed by atoms with Crippen LogP contribution >= 0.6 is 23.2 Å². The van der Waals surface area contributed by atoms with Gasteiger partial charge in [0.25, 0.3) is 23.6 Å². The van der Waals surface area contributed by atoms with E-state index in [0.29, 0.717) is 5.56 Å². The Hall–Kier alpha value is -2.12. The molecule has 3 rings (SSSR count). The number of carbonyl (C=O) groups is 4. The minimum absolute atomic E-state index is 0.0604. The van der Waals surface area contributed by atoms with Gasteiger partial charge in [0.2, 0.25) is 0 Å². The number of carbonyl (C=O) groups excluding carboxylic acids is 4. The van der Waals surface area contributed by atoms with Crippen LogP contribution in [0.4, 0.5) is 0 Å². The summed E-state index contributed by atoms with van der Waals surface area (Å²) in [6.45, 7) is 0.335. The molecule has 2 aliphatic rings. The van der Waals surface area contributed by atoms with Crippen LogP contribution in [-0.2, 0) is 4.79 Å². The predicted molar refractivity (Wildman–Crippen MR) is 105 cm³/mol. The SMILES string of the molecule is O=C(NCCNC(=O)C(Cl)Cl)c1ccc2c(c1)C(=O)N(C1CCCCC1)C2=O. The number of imide groups is 1. The van der Waals surface area contributed by atoms with Gasteiger partial charge >= 0.3 is 0 Å². The second-order valence-electron chi connectivity index (χ2n) is 6.88. The smallest absolute Gasteiger partial charge is 0.261 e. The maximum absolute atomic E-state index is 12.8. The summed E-state index contributed by atoms with van der Waals surface area (Å²) >= 11 is 10.8. The van der Waals surface area contributed by atoms with Gasteiger partial charge < -0.3 is 10.6 Å². The highest BCUT2D eigenvalue weighted by molar-refractivity contribution is 6.53. The molecule has 1 aromatic rings. The maximum Gasteiger partial charge on any atom is 0.261 e. The summed E-state index contributed by atoms with van der Waals surface area (Å²) in [6, 6.07) is 4.45. The van der Waals surface area contributed by atoms with Gasteiger partial charge in [0.1, 0.15) is 0 Å². The van der Waals surface area contributed by atoms with Crippen LogP contribution in [0.15, 0.2) is 18.2 Å². The fourth-order valence-electron chi connectivity index (χ4n) is 3.61. The van der Waals surface area contributed by atoms with E-state index >= 15 is 0 Å². The molecule has 0 saturated heterocycles. The lowest BCUT2D eigenvalue weighted by Crippen LogP contribution is -2.40. The van der Waals surface area contributed by atoms with E-state index in [9.17, 15) is 19.2 Å². The molecule has 7 nitrogen and oxygen atoms in total. The van der Waals surface area contributed by atoms with Crippen LogP contribution in [-0.4, -0.2) is 52.5 Å². The first-order valence-corrected chi connectivity index (χ1v) is 10.1. The summed E-state index contributed by atoms with van der Waals surface area (Å²) in [4.78, 5) is 49.2. The average Bonchev–Trinajstić information content (AvgIpc) is 2.95. The Bertz CT molecular complexity index is 806. The minimum atomic E-state index is -1.16. The van der Waals surface area contributed by atoms with Crippen molar-refractivity contribution in [3.63, 3.8) is 0 Å². The Morgan fingerprint density at radius 2 is 1.64 bits per heavy atom. The van der Waals surface area contributed by atoms with E-state index in [4.69, 9.17) is 23.2 Å². The third-order valence-electron chi connectivity index (χ3n) is 5.03. The molecule has 0 unspecified atom stereocenters. The van der Waals surface area contributed by atoms with Gasteiger partial charge in [-0.2, -0.15) is 0 Å². The van der Waals surface area contributed by atoms with E-state index in [1.54, 1.807) is 0 Å². The second-order valence-corrected chi connectivity index (χ2v) is 7.98. The number of halogens is 2. The normalized spacial score (nSPS) is 17.0. The summed E-state index contributed by atoms with van der Waals surface area (Å²) in [5.41, 5.74) is 0.891. The number of rotatable bonds is 6. The molecular weight excluding hydrogens is 405 g/mol. The van der Waals surface area contributed by atoms with Gasteiger partial charge in [-0.25, -0.2) is 0 Å². The number of hydrogen-bond donors (Lipinski definition) is 2. The van der Waals surface area contributed by atoms with Crippen LogP contribution in [0.3, 0.4) is 0 Å². The average molecular weight is 426 g/mol. The highest BCUT2D eigenvalue weighted by Gasteiger charge is 2.40. The maximum atomic E-state index is 12.8. The van der Waals surface area contributed by atoms with Crippen molar-refractivity contribution >= 4 is 46.8 Å². The molecule has 1 saturated carbocycles. The van der Waals surface area contributed by atoms with Gasteiger partial charge in [-0.3, -0.25) is 24.1 Å². The Morgan fingerprint density at radius 1 is 1.00 bits per heavy atom. The van der Waals surface area contributed by atoms with E-state index in [-0.39, 0.29) is 42.1 Å². The molecule has 1 fully saturated rings. The molecule has 1 aliphatic carbocycles. The summed E-state index contributed by atoms with van der Waals surface area (Å²) in [6.07, 6.45) is 4.81. The summed E-state index contributed by atoms with van der Waals surface area (Å²) < 4.78 is 0. The van der Waals surface area contributed by atoms with Gasteiger partial charge in [-0.05, 0) is 31.0 Å². The van der Waals surface area contributed by atoms with Crippen molar-refractivity contribution in [2.24, 2.45) is 0 Å². The summed E-state index contributed by atoms with van der Waals surface area (Å²) in [5.74, 6) is -1.55. The highest BCUT2D eigenvalue weighted by Crippen LogP contribution is 2.31. The summed E-state index contributed by atoms with van der Waals surface area (Å²) in [7, 11) is 0. The van der Waals surface area contributed by atoms with Gasteiger partial charge in [0.05, 0.1) is 11.1 Å². The van der Waals surface area contributed by atoms with Gasteiger partial charge in [-0.15, -0.1) is 0 Å². The van der Waals surface area contributed by atoms with Crippen molar-refractivity contribution in [1.29, 1.82) is 0 Å². The Morgan fingerprint density at radius 3 is 2.32 bits per heavy atom. The molecule has 1 aliphatic heterocycles. The molecule has 28 heavy (non-hydrogen) atoms. The van der Waals surface area contributed by atoms with E-state index in [1.807, 2.05) is 0 Å². The Kier molecular flexibility index (Phi) is 6.57. The van der Waals surface area contributed by atoms with Crippen molar-refractivity contribution in [2.45, 2.75) is 43.0 Å². The molecule has 1 aromatic carbocycles. The van der Waals surface area contributed by atoms with Crippen molar-refractivity contribution in [3.05, 3.63) is 34.9 Å². The number of nitrogens with one attached hydrogen (secondary N) is 2. The number of nitrogens with zero attached hydrogens (tertiary/aromatic N) is 1. The molecule has 9 heteroatoms. The first-order chi connectivity index (χ1) is 13.4. The Labute approximate surface area is 172 Å². The van der Waals surface area contributed by atoms with E-state index < -0.39 is 16.7 Å². The zero-order chi connectivity index (χ0) is 20.3. The lowest BCUT2D eigenvalue weighted by molar-refractivity contribution is -0.119. The van der Waals surface area contributed by atoms with Gasteiger partial charge in [-0.1, -0.05) is 42.5 Å². The first kappa shape index (κ1) is 20.6. The number of amides is 4. The zero-order valence-electron chi connectivity index (χ0n) is 15.2. The largest absolute Gasteiger partial charge is 0.352 e. The molecule has 0 bridgehead atoms. The van der Waals surface area contributed by atoms with Crippen LogP contribution in [0.5, 0.6) is 0 Å². The molecule has 4 amide bonds. The highest BCUT2D eigenvalue weighted by atomic mass is 35.5. The number of fused-ring (bicyclic) bond motifs is 1. The van der Waals surface area contributed by atoms with Crippen LogP contribution < -0.4 is 10.6 Å². The number of benzene rings is 1. The third-order valence-corrected chi connectivity index (χ3v) is 5.42. The topological polar surface area (TPSA) is 95.6 Å². The van der Waals surface area contributed by atoms with Crippen molar-refractivity contribution in [1.82, 2.24) is 15.5 Å². The van der Waals surface area contributed by atoms with E-state index in [1.165, 1.54) is 23.1 Å². The predicted octanol–water partition coefficient (Wildman–Crippen LogP) is 2.27. The molecule has 0 atom stereocenters. The first-order valence-electron chi connectivity index (χ1n) is 9.26. The zero-order valence-corrected chi connectivity index (χ0v) is 16.7. The quantitative estimate of drug-likeness (QED) is 0.415. The second kappa shape index (κ2) is 8.92. The molecule has 1 heterocycles. The fraction of sp³-hybridized carbons (Fsp3) is 0.474. The van der Waals surface area contributed by atoms with Gasteiger partial charge in [0.15, 0.2) is 4.84 Å².